The number of carbonyl (C=O) groups is 1. The minimum atomic E-state index is -4.24. The topological polar surface area (TPSA) is 75.7 Å². The highest BCUT2D eigenvalue weighted by atomic mass is 32.2. The molecule has 1 N–H and O–H groups in total. The van der Waals surface area contributed by atoms with Gasteiger partial charge in [-0.2, -0.15) is 0 Å². The number of sulfonamides is 1. The number of halogens is 1. The number of fused-ring (bicyclic) bond motifs is 1. The fourth-order valence-electron chi connectivity index (χ4n) is 3.56. The molecule has 1 amide bonds. The van der Waals surface area contributed by atoms with Gasteiger partial charge in [0, 0.05) is 24.3 Å². The third-order valence-electron chi connectivity index (χ3n) is 5.23. The summed E-state index contributed by atoms with van der Waals surface area (Å²) < 4.78 is 47.4. The largest absolute Gasteiger partial charge is 0.497 e. The van der Waals surface area contributed by atoms with Gasteiger partial charge in [0.05, 0.1) is 7.11 Å². The second-order valence-electron chi connectivity index (χ2n) is 7.22. The Hall–Kier alpha value is -3.39. The molecule has 0 radical (unpaired) electrons. The zero-order valence-corrected chi connectivity index (χ0v) is 17.7. The van der Waals surface area contributed by atoms with E-state index in [4.69, 9.17) is 4.74 Å². The highest BCUT2D eigenvalue weighted by molar-refractivity contribution is 7.92. The predicted molar refractivity (Wildman–Crippen MR) is 115 cm³/mol. The summed E-state index contributed by atoms with van der Waals surface area (Å²) in [7, 11) is -2.74. The minimum absolute atomic E-state index is 0.121. The molecule has 0 unspecified atom stereocenters. The first-order valence-corrected chi connectivity index (χ1v) is 11.2. The summed E-state index contributed by atoms with van der Waals surface area (Å²) in [5.74, 6) is -0.707. The number of carbonyl (C=O) groups excluding carboxylic acids is 1. The summed E-state index contributed by atoms with van der Waals surface area (Å²) in [6.07, 6.45) is 0.716. The first kappa shape index (κ1) is 20.9. The van der Waals surface area contributed by atoms with Crippen molar-refractivity contribution < 1.29 is 22.3 Å². The van der Waals surface area contributed by atoms with E-state index in [1.807, 2.05) is 24.3 Å². The molecule has 0 aromatic heterocycles. The molecule has 0 bridgehead atoms. The third kappa shape index (κ3) is 4.39. The van der Waals surface area contributed by atoms with E-state index in [-0.39, 0.29) is 17.2 Å². The fourth-order valence-corrected chi connectivity index (χ4v) is 4.73. The van der Waals surface area contributed by atoms with Gasteiger partial charge in [-0.05, 0) is 60.0 Å². The molecule has 0 saturated carbocycles. The van der Waals surface area contributed by atoms with Crippen LogP contribution in [0.3, 0.4) is 0 Å². The van der Waals surface area contributed by atoms with E-state index in [1.54, 1.807) is 17.0 Å². The molecule has 8 heteroatoms. The van der Waals surface area contributed by atoms with E-state index in [9.17, 15) is 17.6 Å². The molecule has 1 heterocycles. The number of nitrogens with one attached hydrogen (secondary N) is 1. The smallest absolute Gasteiger partial charge is 0.264 e. The minimum Gasteiger partial charge on any atom is -0.497 e. The molecule has 3 aromatic carbocycles. The Kier molecular flexibility index (Phi) is 5.65. The van der Waals surface area contributed by atoms with Gasteiger partial charge in [0.15, 0.2) is 0 Å². The maximum absolute atomic E-state index is 14.4. The maximum atomic E-state index is 14.4. The molecule has 0 spiro atoms. The number of amides is 1. The average Bonchev–Trinajstić information content (AvgIpc) is 2.78. The highest BCUT2D eigenvalue weighted by Crippen LogP contribution is 2.24. The number of anilines is 1. The molecule has 6 nitrogen and oxygen atoms in total. The Morgan fingerprint density at radius 2 is 1.74 bits per heavy atom. The standard InChI is InChI=1S/C23H21FN2O4S/c1-30-20-9-7-19(8-10-20)25-31(28,29)22-14-17(6-11-21(22)24)23(27)26-13-12-16-4-2-3-5-18(16)15-26/h2-11,14,25H,12-13,15H2,1H3. The number of nitrogens with zero attached hydrogens (tertiary/aromatic N) is 1. The molecule has 4 rings (SSSR count). The number of hydrogen-bond donors (Lipinski definition) is 1. The van der Waals surface area contributed by atoms with Crippen molar-refractivity contribution in [1.82, 2.24) is 4.90 Å². The molecular formula is C23H21FN2O4S. The van der Waals surface area contributed by atoms with Crippen LogP contribution >= 0.6 is 0 Å². The Balaban J connectivity index is 1.58. The van der Waals surface area contributed by atoms with Crippen LogP contribution in [0.5, 0.6) is 5.75 Å². The lowest BCUT2D eigenvalue weighted by Crippen LogP contribution is -2.36. The van der Waals surface area contributed by atoms with E-state index >= 15 is 0 Å². The third-order valence-corrected chi connectivity index (χ3v) is 6.62. The summed E-state index contributed by atoms with van der Waals surface area (Å²) in [5.41, 5.74) is 2.62. The number of rotatable bonds is 5. The lowest BCUT2D eigenvalue weighted by atomic mass is 9.99. The molecule has 0 aliphatic carbocycles. The van der Waals surface area contributed by atoms with Crippen molar-refractivity contribution in [3.05, 3.63) is 89.2 Å². The van der Waals surface area contributed by atoms with Gasteiger partial charge in [-0.1, -0.05) is 24.3 Å². The lowest BCUT2D eigenvalue weighted by Gasteiger charge is -2.29. The highest BCUT2D eigenvalue weighted by Gasteiger charge is 2.25. The summed E-state index contributed by atoms with van der Waals surface area (Å²) in [4.78, 5) is 14.1. The molecule has 0 atom stereocenters. The van der Waals surface area contributed by atoms with E-state index in [0.717, 1.165) is 17.7 Å². The van der Waals surface area contributed by atoms with Gasteiger partial charge in [-0.15, -0.1) is 0 Å². The molecule has 0 saturated heterocycles. The van der Waals surface area contributed by atoms with Crippen LogP contribution in [0, 0.1) is 5.82 Å². The van der Waals surface area contributed by atoms with E-state index < -0.39 is 20.7 Å². The van der Waals surface area contributed by atoms with Gasteiger partial charge >= 0.3 is 0 Å². The van der Waals surface area contributed by atoms with E-state index in [2.05, 4.69) is 4.72 Å². The SMILES string of the molecule is COc1ccc(NS(=O)(=O)c2cc(C(=O)N3CCc4ccccc4C3)ccc2F)cc1. The summed E-state index contributed by atoms with van der Waals surface area (Å²) in [5, 5.41) is 0. The number of methoxy groups -OCH3 is 1. The molecule has 31 heavy (non-hydrogen) atoms. The van der Waals surface area contributed by atoms with Crippen LogP contribution in [-0.2, 0) is 23.0 Å². The number of ether oxygens (including phenoxy) is 1. The van der Waals surface area contributed by atoms with Crippen LogP contribution in [0.15, 0.2) is 71.6 Å². The lowest BCUT2D eigenvalue weighted by molar-refractivity contribution is 0.0734. The van der Waals surface area contributed by atoms with Crippen molar-refractivity contribution in [2.45, 2.75) is 17.9 Å². The summed E-state index contributed by atoms with van der Waals surface area (Å²) in [6, 6.07) is 17.5. The quantitative estimate of drug-likeness (QED) is 0.654. The van der Waals surface area contributed by atoms with Gasteiger partial charge in [0.1, 0.15) is 16.5 Å². The molecule has 0 fully saturated rings. The Morgan fingerprint density at radius 1 is 1.03 bits per heavy atom. The van der Waals surface area contributed by atoms with Crippen molar-refractivity contribution in [3.8, 4) is 5.75 Å². The Bertz CT molecular complexity index is 1230. The molecule has 1 aliphatic heterocycles. The van der Waals surface area contributed by atoms with Crippen LogP contribution < -0.4 is 9.46 Å². The molecular weight excluding hydrogens is 419 g/mol. The van der Waals surface area contributed by atoms with Gasteiger partial charge < -0.3 is 9.64 Å². The van der Waals surface area contributed by atoms with Crippen LogP contribution in [0.1, 0.15) is 21.5 Å². The average molecular weight is 440 g/mol. The van der Waals surface area contributed by atoms with Gasteiger partial charge in [-0.3, -0.25) is 9.52 Å². The normalized spacial score (nSPS) is 13.4. The van der Waals surface area contributed by atoms with Crippen molar-refractivity contribution in [2.24, 2.45) is 0 Å². The van der Waals surface area contributed by atoms with Crippen molar-refractivity contribution in [2.75, 3.05) is 18.4 Å². The van der Waals surface area contributed by atoms with Crippen LogP contribution in [0.2, 0.25) is 0 Å². The van der Waals surface area contributed by atoms with Crippen molar-refractivity contribution in [1.29, 1.82) is 0 Å². The first-order chi connectivity index (χ1) is 14.9. The maximum Gasteiger partial charge on any atom is 0.264 e. The zero-order chi connectivity index (χ0) is 22.0. The second kappa shape index (κ2) is 8.39. The molecule has 1 aliphatic rings. The van der Waals surface area contributed by atoms with E-state index in [0.29, 0.717) is 25.3 Å². The fraction of sp³-hybridized carbons (Fsp3) is 0.174. The molecule has 3 aromatic rings. The van der Waals surface area contributed by atoms with Crippen LogP contribution in [0.4, 0.5) is 10.1 Å². The van der Waals surface area contributed by atoms with Gasteiger partial charge in [-0.25, -0.2) is 12.8 Å². The van der Waals surface area contributed by atoms with Crippen molar-refractivity contribution >= 4 is 21.6 Å². The summed E-state index contributed by atoms with van der Waals surface area (Å²) in [6.45, 7) is 0.942. The van der Waals surface area contributed by atoms with Crippen molar-refractivity contribution in [3.63, 3.8) is 0 Å². The predicted octanol–water partition coefficient (Wildman–Crippen LogP) is 3.83. The first-order valence-electron chi connectivity index (χ1n) is 9.70. The van der Waals surface area contributed by atoms with Crippen LogP contribution in [0.25, 0.3) is 0 Å². The van der Waals surface area contributed by atoms with Gasteiger partial charge in [0.25, 0.3) is 15.9 Å². The zero-order valence-electron chi connectivity index (χ0n) is 16.8. The van der Waals surface area contributed by atoms with Crippen LogP contribution in [-0.4, -0.2) is 32.9 Å². The Labute approximate surface area is 180 Å². The summed E-state index contributed by atoms with van der Waals surface area (Å²) >= 11 is 0. The second-order valence-corrected chi connectivity index (χ2v) is 8.88. The Morgan fingerprint density at radius 3 is 2.45 bits per heavy atom. The number of benzene rings is 3. The van der Waals surface area contributed by atoms with Gasteiger partial charge in [0.2, 0.25) is 0 Å². The molecule has 160 valence electrons. The number of hydrogen-bond acceptors (Lipinski definition) is 4. The monoisotopic (exact) mass is 440 g/mol. The van der Waals surface area contributed by atoms with E-state index in [1.165, 1.54) is 30.9 Å².